The number of rotatable bonds is 2. The fraction of sp³-hybridized carbons (Fsp3) is 0.429. The van der Waals surface area contributed by atoms with Crippen LogP contribution < -0.4 is 4.85 Å². The number of fused-ring (bicyclic) bond motifs is 1. The van der Waals surface area contributed by atoms with Crippen molar-refractivity contribution in [2.75, 3.05) is 0 Å². The highest BCUT2D eigenvalue weighted by molar-refractivity contribution is 6.31. The van der Waals surface area contributed by atoms with Crippen LogP contribution in [0.15, 0.2) is 30.3 Å². The molecule has 0 radical (unpaired) electrons. The molecule has 0 bridgehead atoms. The molecule has 0 fully saturated rings. The number of aromatic hydroxyl groups is 1. The summed E-state index contributed by atoms with van der Waals surface area (Å²) in [5, 5.41) is 28.7. The number of halogens is 1. The molecule has 0 saturated heterocycles. The van der Waals surface area contributed by atoms with Crippen molar-refractivity contribution < 1.29 is 9.95 Å². The largest absolute Gasteiger partial charge is 0.692 e. The van der Waals surface area contributed by atoms with E-state index in [1.807, 2.05) is 12.1 Å². The summed E-state index contributed by atoms with van der Waals surface area (Å²) in [6.45, 7) is 12.7. The molecule has 0 aliphatic carbocycles. The van der Waals surface area contributed by atoms with Crippen molar-refractivity contribution in [2.24, 2.45) is 5.41 Å². The number of phenols is 1. The van der Waals surface area contributed by atoms with Gasteiger partial charge >= 0.3 is 0 Å². The van der Waals surface area contributed by atoms with E-state index >= 15 is 0 Å². The molecular formula is C21H26ClN3O2. The van der Waals surface area contributed by atoms with Gasteiger partial charge in [0, 0.05) is 11.1 Å². The van der Waals surface area contributed by atoms with Crippen molar-refractivity contribution in [1.29, 1.82) is 0 Å². The smallest absolute Gasteiger partial charge is 0.251 e. The van der Waals surface area contributed by atoms with Crippen LogP contribution in [0.4, 0.5) is 0 Å². The Morgan fingerprint density at radius 3 is 2.37 bits per heavy atom. The quantitative estimate of drug-likeness (QED) is 0.502. The van der Waals surface area contributed by atoms with Gasteiger partial charge in [0.05, 0.1) is 5.10 Å². The zero-order valence-corrected chi connectivity index (χ0v) is 17.4. The van der Waals surface area contributed by atoms with E-state index in [1.54, 1.807) is 18.2 Å². The van der Waals surface area contributed by atoms with Gasteiger partial charge in [0.25, 0.3) is 5.52 Å². The third-order valence-corrected chi connectivity index (χ3v) is 4.72. The topological polar surface area (TPSA) is 65.0 Å². The van der Waals surface area contributed by atoms with E-state index in [0.29, 0.717) is 33.0 Å². The minimum Gasteiger partial charge on any atom is -0.692 e. The zero-order chi connectivity index (χ0) is 20.1. The highest BCUT2D eigenvalue weighted by atomic mass is 35.5. The van der Waals surface area contributed by atoms with Gasteiger partial charge in [-0.3, -0.25) is 0 Å². The van der Waals surface area contributed by atoms with Gasteiger partial charge in [-0.2, -0.15) is 0 Å². The minimum atomic E-state index is -0.140. The minimum absolute atomic E-state index is 0.0128. The lowest BCUT2D eigenvalue weighted by molar-refractivity contribution is -0.664. The highest BCUT2D eigenvalue weighted by Crippen LogP contribution is 2.36. The van der Waals surface area contributed by atoms with Crippen LogP contribution in [0.3, 0.4) is 0 Å². The zero-order valence-electron chi connectivity index (χ0n) is 16.7. The van der Waals surface area contributed by atoms with E-state index in [-0.39, 0.29) is 16.6 Å². The summed E-state index contributed by atoms with van der Waals surface area (Å²) in [4.78, 5) is 1.89. The summed E-state index contributed by atoms with van der Waals surface area (Å²) < 4.78 is 0. The second-order valence-electron chi connectivity index (χ2n) is 9.29. The Morgan fingerprint density at radius 2 is 1.78 bits per heavy atom. The molecule has 3 rings (SSSR count). The Kier molecular flexibility index (Phi) is 4.63. The molecule has 0 saturated carbocycles. The summed E-state index contributed by atoms with van der Waals surface area (Å²) in [6.07, 6.45) is 0.682. The third kappa shape index (κ3) is 3.88. The van der Waals surface area contributed by atoms with E-state index in [4.69, 9.17) is 11.6 Å². The standard InChI is InChI=1S/C21H26ClN3O2/c1-20(2,3)12-13-9-14(21(4,5)6)10-18(19(13)26)24-23-16-11-15(22)7-8-17(16)25(24)27/h7-11,26H,12H2,1-6H3. The lowest BCUT2D eigenvalue weighted by Crippen LogP contribution is -2.37. The Balaban J connectivity index is 2.29. The van der Waals surface area contributed by atoms with Crippen molar-refractivity contribution >= 4 is 22.6 Å². The van der Waals surface area contributed by atoms with Crippen LogP contribution in [0.5, 0.6) is 5.75 Å². The maximum Gasteiger partial charge on any atom is 0.251 e. The predicted molar refractivity (Wildman–Crippen MR) is 109 cm³/mol. The second kappa shape index (κ2) is 6.41. The SMILES string of the molecule is CC(C)(C)Cc1cc(C(C)(C)C)cc(-n2nc3cc(Cl)ccc3[n+]2[O-])c1O. The van der Waals surface area contributed by atoms with Gasteiger partial charge in [-0.05, 0) is 51.4 Å². The first-order valence-corrected chi connectivity index (χ1v) is 9.39. The molecule has 1 aromatic heterocycles. The molecule has 0 aliphatic rings. The van der Waals surface area contributed by atoms with Crippen molar-refractivity contribution in [3.63, 3.8) is 0 Å². The van der Waals surface area contributed by atoms with Crippen LogP contribution in [0.1, 0.15) is 52.7 Å². The molecule has 144 valence electrons. The Bertz CT molecular complexity index is 1010. The Hall–Kier alpha value is -2.27. The molecule has 27 heavy (non-hydrogen) atoms. The fourth-order valence-electron chi connectivity index (χ4n) is 3.10. The van der Waals surface area contributed by atoms with Crippen LogP contribution in [-0.2, 0) is 11.8 Å². The molecule has 5 nitrogen and oxygen atoms in total. The molecule has 0 atom stereocenters. The number of phenolic OH excluding ortho intramolecular Hbond substituents is 1. The van der Waals surface area contributed by atoms with E-state index in [9.17, 15) is 10.3 Å². The Labute approximate surface area is 164 Å². The van der Waals surface area contributed by atoms with Crippen molar-refractivity contribution in [2.45, 2.75) is 53.4 Å². The normalized spacial score (nSPS) is 12.7. The summed E-state index contributed by atoms with van der Waals surface area (Å²) >= 11 is 6.03. The number of hydrogen-bond acceptors (Lipinski definition) is 3. The molecule has 1 N–H and O–H groups in total. The summed E-state index contributed by atoms with van der Waals surface area (Å²) in [7, 11) is 0. The molecule has 0 unspecified atom stereocenters. The van der Waals surface area contributed by atoms with Gasteiger partial charge in [0.1, 0.15) is 5.75 Å². The van der Waals surface area contributed by atoms with Gasteiger partial charge in [0.15, 0.2) is 5.69 Å². The van der Waals surface area contributed by atoms with Crippen LogP contribution in [0.25, 0.3) is 16.7 Å². The highest BCUT2D eigenvalue weighted by Gasteiger charge is 2.26. The number of nitrogens with zero attached hydrogens (tertiary/aromatic N) is 3. The van der Waals surface area contributed by atoms with E-state index < -0.39 is 0 Å². The second-order valence-corrected chi connectivity index (χ2v) is 9.72. The number of benzene rings is 2. The molecule has 0 aliphatic heterocycles. The first-order chi connectivity index (χ1) is 12.4. The average Bonchev–Trinajstić information content (AvgIpc) is 2.83. The van der Waals surface area contributed by atoms with E-state index in [2.05, 4.69) is 46.6 Å². The fourth-order valence-corrected chi connectivity index (χ4v) is 3.27. The molecule has 6 heteroatoms. The first kappa shape index (κ1) is 19.5. The summed E-state index contributed by atoms with van der Waals surface area (Å²) in [6, 6.07) is 8.79. The lowest BCUT2D eigenvalue weighted by atomic mass is 9.82. The summed E-state index contributed by atoms with van der Waals surface area (Å²) in [5.41, 5.74) is 2.95. The molecule has 2 aromatic carbocycles. The molecular weight excluding hydrogens is 362 g/mol. The molecule has 0 amide bonds. The maximum atomic E-state index is 12.8. The monoisotopic (exact) mass is 387 g/mol. The molecule has 0 spiro atoms. The molecule has 1 heterocycles. The molecule has 3 aromatic rings. The predicted octanol–water partition coefficient (Wildman–Crippen LogP) is 4.90. The van der Waals surface area contributed by atoms with Crippen molar-refractivity contribution in [3.05, 3.63) is 51.7 Å². The van der Waals surface area contributed by atoms with Gasteiger partial charge in [0.2, 0.25) is 5.52 Å². The summed E-state index contributed by atoms with van der Waals surface area (Å²) in [5.74, 6) is 0.0847. The van der Waals surface area contributed by atoms with Gasteiger partial charge in [-0.15, -0.1) is 4.85 Å². The maximum absolute atomic E-state index is 12.8. The average molecular weight is 388 g/mol. The Morgan fingerprint density at radius 1 is 1.11 bits per heavy atom. The third-order valence-electron chi connectivity index (χ3n) is 4.49. The van der Waals surface area contributed by atoms with Crippen LogP contribution in [-0.4, -0.2) is 15.0 Å². The lowest BCUT2D eigenvalue weighted by Gasteiger charge is -2.24. The van der Waals surface area contributed by atoms with E-state index in [0.717, 1.165) is 11.1 Å². The van der Waals surface area contributed by atoms with Crippen molar-refractivity contribution in [1.82, 2.24) is 9.90 Å². The number of aromatic nitrogens is 3. The van der Waals surface area contributed by atoms with Crippen LogP contribution in [0, 0.1) is 10.6 Å². The van der Waals surface area contributed by atoms with E-state index in [1.165, 1.54) is 4.80 Å². The van der Waals surface area contributed by atoms with Crippen LogP contribution >= 0.6 is 11.6 Å². The first-order valence-electron chi connectivity index (χ1n) is 9.02. The number of hydrogen-bond donors (Lipinski definition) is 1. The van der Waals surface area contributed by atoms with Crippen LogP contribution in [0.2, 0.25) is 5.02 Å². The van der Waals surface area contributed by atoms with Gasteiger partial charge in [-0.25, -0.2) is 0 Å². The van der Waals surface area contributed by atoms with Gasteiger partial charge in [-0.1, -0.05) is 59.2 Å². The van der Waals surface area contributed by atoms with Gasteiger partial charge < -0.3 is 10.3 Å². The van der Waals surface area contributed by atoms with Crippen molar-refractivity contribution in [3.8, 4) is 11.4 Å².